The molecular formula is C13H22N2O2. The molecule has 3 unspecified atom stereocenters. The van der Waals surface area contributed by atoms with Crippen LogP contribution in [-0.2, 0) is 4.79 Å². The van der Waals surface area contributed by atoms with Crippen molar-refractivity contribution in [3.63, 3.8) is 0 Å². The monoisotopic (exact) mass is 238 g/mol. The van der Waals surface area contributed by atoms with E-state index in [1.807, 2.05) is 0 Å². The quantitative estimate of drug-likeness (QED) is 0.780. The van der Waals surface area contributed by atoms with E-state index in [0.717, 1.165) is 45.6 Å². The van der Waals surface area contributed by atoms with E-state index in [4.69, 9.17) is 0 Å². The van der Waals surface area contributed by atoms with Gasteiger partial charge in [-0.1, -0.05) is 6.42 Å². The third kappa shape index (κ3) is 1.69. The van der Waals surface area contributed by atoms with Crippen molar-refractivity contribution >= 4 is 5.97 Å². The average Bonchev–Trinajstić information content (AvgIpc) is 2.74. The predicted molar refractivity (Wildman–Crippen MR) is 65.0 cm³/mol. The van der Waals surface area contributed by atoms with Crippen molar-refractivity contribution in [3.8, 4) is 0 Å². The van der Waals surface area contributed by atoms with Crippen LogP contribution < -0.4 is 0 Å². The molecule has 3 heterocycles. The molecule has 0 saturated carbocycles. The van der Waals surface area contributed by atoms with Crippen LogP contribution >= 0.6 is 0 Å². The first-order chi connectivity index (χ1) is 8.23. The lowest BCUT2D eigenvalue weighted by atomic mass is 9.76. The van der Waals surface area contributed by atoms with Crippen LogP contribution in [0.4, 0.5) is 0 Å². The molecule has 4 heteroatoms. The van der Waals surface area contributed by atoms with E-state index in [9.17, 15) is 9.90 Å². The molecule has 3 aliphatic heterocycles. The number of carboxylic acid groups (broad SMARTS) is 1. The molecule has 4 nitrogen and oxygen atoms in total. The van der Waals surface area contributed by atoms with Crippen molar-refractivity contribution in [1.29, 1.82) is 0 Å². The summed E-state index contributed by atoms with van der Waals surface area (Å²) in [4.78, 5) is 16.6. The lowest BCUT2D eigenvalue weighted by Crippen LogP contribution is -2.63. The van der Waals surface area contributed by atoms with Gasteiger partial charge in [0.1, 0.15) is 5.54 Å². The first-order valence-electron chi connectivity index (χ1n) is 6.94. The fourth-order valence-electron chi connectivity index (χ4n) is 4.08. The summed E-state index contributed by atoms with van der Waals surface area (Å²) < 4.78 is 0. The van der Waals surface area contributed by atoms with E-state index in [1.54, 1.807) is 0 Å². The Morgan fingerprint density at radius 1 is 1.12 bits per heavy atom. The molecule has 0 spiro atoms. The number of carbonyl (C=O) groups is 1. The molecule has 0 aromatic carbocycles. The van der Waals surface area contributed by atoms with Crippen LogP contribution in [0.5, 0.6) is 0 Å². The molecule has 96 valence electrons. The first-order valence-corrected chi connectivity index (χ1v) is 6.94. The number of carboxylic acids is 1. The van der Waals surface area contributed by atoms with Gasteiger partial charge in [-0.2, -0.15) is 0 Å². The lowest BCUT2D eigenvalue weighted by molar-refractivity contribution is -0.159. The second-order valence-corrected chi connectivity index (χ2v) is 5.81. The molecule has 3 atom stereocenters. The summed E-state index contributed by atoms with van der Waals surface area (Å²) in [6.07, 6.45) is 5.51. The topological polar surface area (TPSA) is 43.8 Å². The van der Waals surface area contributed by atoms with Gasteiger partial charge in [0.25, 0.3) is 0 Å². The zero-order chi connectivity index (χ0) is 11.9. The van der Waals surface area contributed by atoms with Crippen molar-refractivity contribution in [2.24, 2.45) is 5.92 Å². The smallest absolute Gasteiger partial charge is 0.324 e. The largest absolute Gasteiger partial charge is 0.480 e. The number of likely N-dealkylation sites (tertiary alicyclic amines) is 1. The molecule has 2 bridgehead atoms. The summed E-state index contributed by atoms with van der Waals surface area (Å²) in [5.41, 5.74) is -0.534. The van der Waals surface area contributed by atoms with E-state index >= 15 is 0 Å². The van der Waals surface area contributed by atoms with Gasteiger partial charge < -0.3 is 10.0 Å². The fraction of sp³-hybridized carbons (Fsp3) is 0.923. The lowest BCUT2D eigenvalue weighted by Gasteiger charge is -2.48. The fourth-order valence-corrected chi connectivity index (χ4v) is 4.08. The van der Waals surface area contributed by atoms with E-state index < -0.39 is 11.5 Å². The van der Waals surface area contributed by atoms with Gasteiger partial charge >= 0.3 is 5.97 Å². The number of fused-ring (bicyclic) bond motifs is 2. The molecule has 3 rings (SSSR count). The Morgan fingerprint density at radius 2 is 1.88 bits per heavy atom. The molecule has 1 N–H and O–H groups in total. The highest BCUT2D eigenvalue weighted by molar-refractivity contribution is 5.79. The van der Waals surface area contributed by atoms with E-state index in [1.165, 1.54) is 19.3 Å². The van der Waals surface area contributed by atoms with E-state index in [0.29, 0.717) is 5.92 Å². The highest BCUT2D eigenvalue weighted by Gasteiger charge is 2.54. The predicted octanol–water partition coefficient (Wildman–Crippen LogP) is 1.02. The Labute approximate surface area is 103 Å². The van der Waals surface area contributed by atoms with Gasteiger partial charge in [0, 0.05) is 19.0 Å². The summed E-state index contributed by atoms with van der Waals surface area (Å²) in [5, 5.41) is 9.80. The summed E-state index contributed by atoms with van der Waals surface area (Å²) in [6, 6.07) is 0. The summed E-state index contributed by atoms with van der Waals surface area (Å²) >= 11 is 0. The Morgan fingerprint density at radius 3 is 2.59 bits per heavy atom. The second kappa shape index (κ2) is 4.25. The Bertz CT molecular complexity index is 315. The zero-order valence-corrected chi connectivity index (χ0v) is 10.4. The Balaban J connectivity index is 1.88. The Hall–Kier alpha value is -0.610. The maximum atomic E-state index is 11.9. The van der Waals surface area contributed by atoms with Crippen LogP contribution in [0, 0.1) is 5.92 Å². The van der Waals surface area contributed by atoms with Gasteiger partial charge in [0.15, 0.2) is 0 Å². The molecule has 3 fully saturated rings. The third-order valence-corrected chi connectivity index (χ3v) is 5.05. The highest BCUT2D eigenvalue weighted by atomic mass is 16.4. The standard InChI is InChI=1S/C13H22N2O2/c16-12(17)13(15-6-2-1-3-7-15)5-9-14-8-4-11(13)10-14/h11H,1-10H2,(H,16,17). The molecule has 3 aliphatic rings. The number of hydrogen-bond donors (Lipinski definition) is 1. The van der Waals surface area contributed by atoms with Crippen LogP contribution in [0.25, 0.3) is 0 Å². The number of nitrogens with zero attached hydrogens (tertiary/aromatic N) is 2. The summed E-state index contributed by atoms with van der Waals surface area (Å²) in [5.74, 6) is -0.210. The minimum atomic E-state index is -0.564. The molecule has 17 heavy (non-hydrogen) atoms. The number of aliphatic carboxylic acids is 1. The maximum absolute atomic E-state index is 11.9. The van der Waals surface area contributed by atoms with Crippen molar-refractivity contribution in [3.05, 3.63) is 0 Å². The van der Waals surface area contributed by atoms with Crippen LogP contribution in [0.2, 0.25) is 0 Å². The summed E-state index contributed by atoms with van der Waals surface area (Å²) in [7, 11) is 0. The van der Waals surface area contributed by atoms with Crippen molar-refractivity contribution in [2.75, 3.05) is 32.7 Å². The molecule has 3 saturated heterocycles. The van der Waals surface area contributed by atoms with Gasteiger partial charge in [0.2, 0.25) is 0 Å². The van der Waals surface area contributed by atoms with Gasteiger partial charge in [-0.15, -0.1) is 0 Å². The summed E-state index contributed by atoms with van der Waals surface area (Å²) in [6.45, 7) is 5.06. The van der Waals surface area contributed by atoms with Crippen LogP contribution in [0.15, 0.2) is 0 Å². The van der Waals surface area contributed by atoms with Crippen LogP contribution in [0.3, 0.4) is 0 Å². The Kier molecular flexibility index (Phi) is 2.87. The molecule has 0 aromatic heterocycles. The normalized spacial score (nSPS) is 42.6. The number of piperidine rings is 2. The van der Waals surface area contributed by atoms with Gasteiger partial charge in [-0.05, 0) is 45.3 Å². The minimum absolute atomic E-state index is 0.354. The van der Waals surface area contributed by atoms with Crippen LogP contribution in [0.1, 0.15) is 32.1 Å². The van der Waals surface area contributed by atoms with Gasteiger partial charge in [-0.25, -0.2) is 0 Å². The minimum Gasteiger partial charge on any atom is -0.480 e. The maximum Gasteiger partial charge on any atom is 0.324 e. The third-order valence-electron chi connectivity index (χ3n) is 5.05. The van der Waals surface area contributed by atoms with Crippen molar-refractivity contribution in [1.82, 2.24) is 9.80 Å². The molecule has 0 radical (unpaired) electrons. The zero-order valence-electron chi connectivity index (χ0n) is 10.4. The number of hydrogen-bond acceptors (Lipinski definition) is 3. The van der Waals surface area contributed by atoms with Gasteiger partial charge in [0.05, 0.1) is 0 Å². The SMILES string of the molecule is O=C(O)C1(N2CCCCC2)CCN2CCC1C2. The van der Waals surface area contributed by atoms with E-state index in [-0.39, 0.29) is 0 Å². The van der Waals surface area contributed by atoms with Crippen LogP contribution in [-0.4, -0.2) is 59.1 Å². The second-order valence-electron chi connectivity index (χ2n) is 5.81. The van der Waals surface area contributed by atoms with Crippen molar-refractivity contribution < 1.29 is 9.90 Å². The first kappa shape index (κ1) is 11.5. The van der Waals surface area contributed by atoms with Crippen molar-refractivity contribution in [2.45, 2.75) is 37.6 Å². The van der Waals surface area contributed by atoms with E-state index in [2.05, 4.69) is 9.80 Å². The average molecular weight is 238 g/mol. The van der Waals surface area contributed by atoms with Gasteiger partial charge in [-0.3, -0.25) is 9.69 Å². The molecule has 0 amide bonds. The number of rotatable bonds is 2. The molecule has 0 aromatic rings. The highest BCUT2D eigenvalue weighted by Crippen LogP contribution is 2.41. The molecular weight excluding hydrogens is 216 g/mol. The molecule has 0 aliphatic carbocycles.